The van der Waals surface area contributed by atoms with E-state index in [1.165, 1.54) is 34.9 Å². The monoisotopic (exact) mass is 294 g/mol. The van der Waals surface area contributed by atoms with Gasteiger partial charge in [-0.3, -0.25) is 20.4 Å². The highest BCUT2D eigenvalue weighted by atomic mass is 32.2. The molecule has 1 rings (SSSR count). The zero-order valence-corrected chi connectivity index (χ0v) is 11.0. The van der Waals surface area contributed by atoms with Crippen molar-refractivity contribution in [2.24, 2.45) is 11.7 Å². The Morgan fingerprint density at radius 1 is 1.06 bits per heavy atom. The van der Waals surface area contributed by atoms with Gasteiger partial charge in [0.05, 0.1) is 11.5 Å². The Kier molecular flexibility index (Phi) is 6.21. The maximum Gasteiger partial charge on any atom is 0.244 e. The number of hydrogen-bond acceptors (Lipinski definition) is 9. The van der Waals surface area contributed by atoms with Crippen molar-refractivity contribution < 1.29 is 9.59 Å². The van der Waals surface area contributed by atoms with Crippen LogP contribution in [0, 0.1) is 0 Å². The van der Waals surface area contributed by atoms with Crippen molar-refractivity contribution in [1.29, 1.82) is 0 Å². The van der Waals surface area contributed by atoms with E-state index in [1.54, 1.807) is 0 Å². The van der Waals surface area contributed by atoms with Gasteiger partial charge in [0.1, 0.15) is 0 Å². The molecule has 0 aromatic carbocycles. The number of thioether (sulfide) groups is 2. The van der Waals surface area contributed by atoms with Crippen molar-refractivity contribution in [3.8, 4) is 0 Å². The van der Waals surface area contributed by atoms with E-state index in [0.29, 0.717) is 8.68 Å². The van der Waals surface area contributed by atoms with Crippen molar-refractivity contribution in [3.05, 3.63) is 0 Å². The predicted molar refractivity (Wildman–Crippen MR) is 66.0 cm³/mol. The summed E-state index contributed by atoms with van der Waals surface area (Å²) in [4.78, 5) is 21.7. The Morgan fingerprint density at radius 3 is 1.82 bits per heavy atom. The van der Waals surface area contributed by atoms with Crippen LogP contribution >= 0.6 is 34.9 Å². The van der Waals surface area contributed by atoms with Crippen LogP contribution in [0.25, 0.3) is 0 Å². The first-order chi connectivity index (χ1) is 8.15. The molecule has 0 saturated heterocycles. The zero-order valence-electron chi connectivity index (χ0n) is 8.50. The van der Waals surface area contributed by atoms with Gasteiger partial charge in [-0.05, 0) is 0 Å². The number of hydrazine groups is 2. The second-order valence-electron chi connectivity index (χ2n) is 2.55. The average Bonchev–Trinajstić information content (AvgIpc) is 2.80. The third kappa shape index (κ3) is 5.32. The van der Waals surface area contributed by atoms with Crippen molar-refractivity contribution in [2.45, 2.75) is 8.68 Å². The van der Waals surface area contributed by atoms with Crippen molar-refractivity contribution in [2.75, 3.05) is 11.5 Å². The smallest absolute Gasteiger partial charge is 0.244 e. The third-order valence-electron chi connectivity index (χ3n) is 1.36. The molecule has 1 aromatic heterocycles. The van der Waals surface area contributed by atoms with E-state index in [0.717, 1.165) is 0 Å². The Balaban J connectivity index is 2.37. The van der Waals surface area contributed by atoms with E-state index in [-0.39, 0.29) is 23.3 Å². The van der Waals surface area contributed by atoms with Crippen LogP contribution in [0.2, 0.25) is 0 Å². The molecular weight excluding hydrogens is 284 g/mol. The van der Waals surface area contributed by atoms with Crippen LogP contribution in [0.4, 0.5) is 0 Å². The largest absolute Gasteiger partial charge is 0.294 e. The number of hydrogen-bond donors (Lipinski definition) is 4. The van der Waals surface area contributed by atoms with Crippen LogP contribution in [0.15, 0.2) is 8.68 Å². The lowest BCUT2D eigenvalue weighted by Gasteiger charge is -1.95. The first-order valence-electron chi connectivity index (χ1n) is 4.23. The summed E-state index contributed by atoms with van der Waals surface area (Å²) in [5.74, 6) is 9.64. The summed E-state index contributed by atoms with van der Waals surface area (Å²) in [6.45, 7) is 0. The molecule has 17 heavy (non-hydrogen) atoms. The Labute approximate surface area is 109 Å². The van der Waals surface area contributed by atoms with Crippen LogP contribution in [-0.4, -0.2) is 33.5 Å². The SMILES string of the molecule is NNC(=O)CSc1nnc(SCC(=O)NN)s1. The number of carbonyl (C=O) groups is 2. The van der Waals surface area contributed by atoms with Gasteiger partial charge in [-0.1, -0.05) is 34.9 Å². The number of nitrogens with zero attached hydrogens (tertiary/aromatic N) is 2. The van der Waals surface area contributed by atoms with Crippen molar-refractivity contribution in [1.82, 2.24) is 21.0 Å². The molecule has 0 aliphatic rings. The van der Waals surface area contributed by atoms with Crippen molar-refractivity contribution >= 4 is 46.7 Å². The number of aromatic nitrogens is 2. The molecule has 11 heteroatoms. The zero-order chi connectivity index (χ0) is 12.7. The maximum atomic E-state index is 10.9. The highest BCUT2D eigenvalue weighted by Crippen LogP contribution is 2.28. The van der Waals surface area contributed by atoms with Crippen LogP contribution in [0.1, 0.15) is 0 Å². The molecule has 8 nitrogen and oxygen atoms in total. The molecule has 6 N–H and O–H groups in total. The Bertz CT molecular complexity index is 362. The van der Waals surface area contributed by atoms with Gasteiger partial charge >= 0.3 is 0 Å². The summed E-state index contributed by atoms with van der Waals surface area (Å²) in [5.41, 5.74) is 4.03. The highest BCUT2D eigenvalue weighted by Gasteiger charge is 2.09. The summed E-state index contributed by atoms with van der Waals surface area (Å²) in [6.07, 6.45) is 0. The highest BCUT2D eigenvalue weighted by molar-refractivity contribution is 8.03. The van der Waals surface area contributed by atoms with E-state index in [1.807, 2.05) is 10.9 Å². The van der Waals surface area contributed by atoms with Gasteiger partial charge in [0.25, 0.3) is 0 Å². The summed E-state index contributed by atoms with van der Waals surface area (Å²) in [5, 5.41) is 7.71. The predicted octanol–water partition coefficient (Wildman–Crippen LogP) is -1.30. The average molecular weight is 294 g/mol. The fraction of sp³-hybridized carbons (Fsp3) is 0.333. The number of nitrogens with one attached hydrogen (secondary N) is 2. The molecule has 0 atom stereocenters. The van der Waals surface area contributed by atoms with Crippen LogP contribution in [0.5, 0.6) is 0 Å². The minimum absolute atomic E-state index is 0.180. The van der Waals surface area contributed by atoms with Crippen LogP contribution < -0.4 is 22.5 Å². The lowest BCUT2D eigenvalue weighted by molar-refractivity contribution is -0.119. The molecule has 1 aromatic rings. The first-order valence-corrected chi connectivity index (χ1v) is 7.02. The second kappa shape index (κ2) is 7.45. The quantitative estimate of drug-likeness (QED) is 0.220. The van der Waals surface area contributed by atoms with Crippen molar-refractivity contribution in [3.63, 3.8) is 0 Å². The molecule has 0 aliphatic heterocycles. The molecule has 2 amide bonds. The van der Waals surface area contributed by atoms with E-state index in [2.05, 4.69) is 10.2 Å². The van der Waals surface area contributed by atoms with Gasteiger partial charge in [0.15, 0.2) is 8.68 Å². The lowest BCUT2D eigenvalue weighted by Crippen LogP contribution is -2.31. The fourth-order valence-corrected chi connectivity index (χ4v) is 3.29. The molecule has 0 fully saturated rings. The molecule has 94 valence electrons. The number of carbonyl (C=O) groups excluding carboxylic acids is 2. The lowest BCUT2D eigenvalue weighted by atomic mass is 10.8. The summed E-state index contributed by atoms with van der Waals surface area (Å²) < 4.78 is 1.29. The fourth-order valence-electron chi connectivity index (χ4n) is 0.652. The minimum atomic E-state index is -0.290. The topological polar surface area (TPSA) is 136 Å². The molecular formula is C6H10N6O2S3. The molecule has 0 bridgehead atoms. The van der Waals surface area contributed by atoms with E-state index in [9.17, 15) is 9.59 Å². The summed E-state index contributed by atoms with van der Waals surface area (Å²) >= 11 is 3.76. The van der Waals surface area contributed by atoms with E-state index >= 15 is 0 Å². The van der Waals surface area contributed by atoms with Gasteiger partial charge < -0.3 is 0 Å². The van der Waals surface area contributed by atoms with Gasteiger partial charge in [0.2, 0.25) is 11.8 Å². The Morgan fingerprint density at radius 2 is 1.47 bits per heavy atom. The third-order valence-corrected chi connectivity index (χ3v) is 4.55. The van der Waals surface area contributed by atoms with Crippen LogP contribution in [0.3, 0.4) is 0 Å². The minimum Gasteiger partial charge on any atom is -0.294 e. The number of nitrogens with two attached hydrogens (primary N) is 2. The number of amides is 2. The van der Waals surface area contributed by atoms with Gasteiger partial charge in [0, 0.05) is 0 Å². The second-order valence-corrected chi connectivity index (χ2v) is 5.97. The molecule has 0 spiro atoms. The normalized spacial score (nSPS) is 10.0. The standard InChI is InChI=1S/C6H10N6O2S3/c7-9-3(13)1-15-5-11-12-6(17-5)16-2-4(14)10-8/h1-2,7-8H2,(H,9,13)(H,10,14). The summed E-state index contributed by atoms with van der Waals surface area (Å²) in [6, 6.07) is 0. The van der Waals surface area contributed by atoms with E-state index in [4.69, 9.17) is 11.7 Å². The van der Waals surface area contributed by atoms with Gasteiger partial charge in [-0.15, -0.1) is 10.2 Å². The Hall–Kier alpha value is -0.880. The number of rotatable bonds is 6. The molecule has 0 unspecified atom stereocenters. The molecule has 0 aliphatic carbocycles. The molecule has 0 saturated carbocycles. The van der Waals surface area contributed by atoms with E-state index < -0.39 is 0 Å². The molecule has 0 radical (unpaired) electrons. The van der Waals surface area contributed by atoms with Gasteiger partial charge in [-0.25, -0.2) is 11.7 Å². The maximum absolute atomic E-state index is 10.9. The first kappa shape index (κ1) is 14.2. The molecule has 1 heterocycles. The summed E-state index contributed by atoms with van der Waals surface area (Å²) in [7, 11) is 0. The van der Waals surface area contributed by atoms with Gasteiger partial charge in [-0.2, -0.15) is 0 Å². The van der Waals surface area contributed by atoms with Crippen LogP contribution in [-0.2, 0) is 9.59 Å².